The van der Waals surface area contributed by atoms with Crippen molar-refractivity contribution in [1.82, 2.24) is 9.78 Å². The number of anilines is 1. The number of phenolic OH excluding ortho intramolecular Hbond substituents is 1. The highest BCUT2D eigenvalue weighted by Crippen LogP contribution is 2.30. The van der Waals surface area contributed by atoms with Crippen LogP contribution in [-0.4, -0.2) is 20.8 Å². The van der Waals surface area contributed by atoms with Gasteiger partial charge in [-0.2, -0.15) is 5.10 Å². The minimum atomic E-state index is -0.150. The van der Waals surface area contributed by atoms with E-state index in [2.05, 4.69) is 10.4 Å². The van der Waals surface area contributed by atoms with Crippen molar-refractivity contribution in [1.29, 1.82) is 0 Å². The molecule has 0 spiro atoms. The molecule has 0 radical (unpaired) electrons. The number of phenols is 1. The van der Waals surface area contributed by atoms with Crippen LogP contribution in [0.4, 0.5) is 5.69 Å². The van der Waals surface area contributed by atoms with E-state index in [0.29, 0.717) is 16.9 Å². The molecule has 0 saturated heterocycles. The summed E-state index contributed by atoms with van der Waals surface area (Å²) in [5.74, 6) is -0.0135. The maximum absolute atomic E-state index is 11.0. The van der Waals surface area contributed by atoms with Crippen LogP contribution in [0.5, 0.6) is 5.75 Å². The van der Waals surface area contributed by atoms with E-state index in [4.69, 9.17) is 0 Å². The Labute approximate surface area is 98.7 Å². The van der Waals surface area contributed by atoms with Crippen LogP contribution < -0.4 is 5.32 Å². The van der Waals surface area contributed by atoms with Crippen LogP contribution >= 0.6 is 0 Å². The first-order chi connectivity index (χ1) is 8.06. The van der Waals surface area contributed by atoms with Gasteiger partial charge in [-0.3, -0.25) is 9.48 Å². The van der Waals surface area contributed by atoms with E-state index in [0.717, 1.165) is 0 Å². The summed E-state index contributed by atoms with van der Waals surface area (Å²) in [6.45, 7) is 1.44. The molecule has 1 amide bonds. The maximum atomic E-state index is 11.0. The van der Waals surface area contributed by atoms with Crippen molar-refractivity contribution >= 4 is 11.6 Å². The van der Waals surface area contributed by atoms with Gasteiger partial charge in [0.1, 0.15) is 5.75 Å². The summed E-state index contributed by atoms with van der Waals surface area (Å²) in [5.41, 5.74) is 1.89. The topological polar surface area (TPSA) is 67.2 Å². The maximum Gasteiger partial charge on any atom is 0.221 e. The molecule has 0 aliphatic rings. The molecule has 2 aromatic rings. The Balaban J connectivity index is 2.42. The van der Waals surface area contributed by atoms with Crippen LogP contribution in [0.25, 0.3) is 11.3 Å². The van der Waals surface area contributed by atoms with Gasteiger partial charge in [-0.15, -0.1) is 0 Å². The van der Waals surface area contributed by atoms with Crippen LogP contribution in [0, 0.1) is 0 Å². The predicted octanol–water partition coefficient (Wildman–Crippen LogP) is 1.75. The Hall–Kier alpha value is -2.30. The number of nitrogens with zero attached hydrogens (tertiary/aromatic N) is 2. The molecule has 0 aliphatic heterocycles. The molecule has 1 aromatic carbocycles. The van der Waals surface area contributed by atoms with E-state index < -0.39 is 0 Å². The van der Waals surface area contributed by atoms with Crippen LogP contribution in [-0.2, 0) is 11.8 Å². The Morgan fingerprint density at radius 2 is 2.18 bits per heavy atom. The number of aromatic nitrogens is 2. The highest BCUT2D eigenvalue weighted by atomic mass is 16.3. The zero-order valence-corrected chi connectivity index (χ0v) is 9.64. The Morgan fingerprint density at radius 3 is 2.76 bits per heavy atom. The molecule has 0 aliphatic carbocycles. The molecule has 0 bridgehead atoms. The van der Waals surface area contributed by atoms with E-state index >= 15 is 0 Å². The van der Waals surface area contributed by atoms with E-state index in [9.17, 15) is 9.90 Å². The van der Waals surface area contributed by atoms with Gasteiger partial charge >= 0.3 is 0 Å². The lowest BCUT2D eigenvalue weighted by atomic mass is 10.1. The minimum absolute atomic E-state index is 0.137. The normalized spacial score (nSPS) is 10.2. The number of benzene rings is 1. The average Bonchev–Trinajstić information content (AvgIpc) is 2.67. The van der Waals surface area contributed by atoms with Crippen molar-refractivity contribution in [2.45, 2.75) is 6.92 Å². The smallest absolute Gasteiger partial charge is 0.221 e. The molecular weight excluding hydrogens is 218 g/mol. The van der Waals surface area contributed by atoms with Gasteiger partial charge in [0.15, 0.2) is 0 Å². The summed E-state index contributed by atoms with van der Waals surface area (Å²) in [6.07, 6.45) is 1.79. The van der Waals surface area contributed by atoms with Gasteiger partial charge in [-0.25, -0.2) is 0 Å². The standard InChI is InChI=1S/C12H13N3O2/c1-8(16)13-9-3-4-12(17)10(7-9)11-5-6-15(2)14-11/h3-7,17H,1-2H3,(H,13,16). The number of aromatic hydroxyl groups is 1. The second kappa shape index (κ2) is 4.29. The zero-order valence-electron chi connectivity index (χ0n) is 9.64. The summed E-state index contributed by atoms with van der Waals surface area (Å²) in [4.78, 5) is 11.0. The molecule has 1 heterocycles. The first-order valence-electron chi connectivity index (χ1n) is 5.17. The van der Waals surface area contributed by atoms with Gasteiger partial charge in [0.2, 0.25) is 5.91 Å². The van der Waals surface area contributed by atoms with E-state index in [-0.39, 0.29) is 11.7 Å². The molecule has 0 unspecified atom stereocenters. The lowest BCUT2D eigenvalue weighted by molar-refractivity contribution is -0.114. The highest BCUT2D eigenvalue weighted by molar-refractivity contribution is 5.90. The average molecular weight is 231 g/mol. The molecule has 2 N–H and O–H groups in total. The number of hydrogen-bond acceptors (Lipinski definition) is 3. The number of rotatable bonds is 2. The second-order valence-corrected chi connectivity index (χ2v) is 3.79. The van der Waals surface area contributed by atoms with Gasteiger partial charge in [0, 0.05) is 31.4 Å². The molecule has 0 saturated carbocycles. The van der Waals surface area contributed by atoms with Crippen molar-refractivity contribution in [2.75, 3.05) is 5.32 Å². The quantitative estimate of drug-likeness (QED) is 0.774. The predicted molar refractivity (Wildman–Crippen MR) is 64.6 cm³/mol. The second-order valence-electron chi connectivity index (χ2n) is 3.79. The van der Waals surface area contributed by atoms with Gasteiger partial charge in [-0.05, 0) is 24.3 Å². The fourth-order valence-electron chi connectivity index (χ4n) is 1.58. The molecular formula is C12H13N3O2. The van der Waals surface area contributed by atoms with Crippen molar-refractivity contribution in [3.63, 3.8) is 0 Å². The number of aryl methyl sites for hydroxylation is 1. The van der Waals surface area contributed by atoms with Gasteiger partial charge in [0.25, 0.3) is 0 Å². The number of amides is 1. The Morgan fingerprint density at radius 1 is 1.41 bits per heavy atom. The third-order valence-electron chi connectivity index (χ3n) is 2.31. The molecule has 1 aromatic heterocycles. The van der Waals surface area contributed by atoms with Crippen LogP contribution in [0.2, 0.25) is 0 Å². The van der Waals surface area contributed by atoms with Crippen molar-refractivity contribution < 1.29 is 9.90 Å². The lowest BCUT2D eigenvalue weighted by Crippen LogP contribution is -2.05. The molecule has 0 atom stereocenters. The SMILES string of the molecule is CC(=O)Nc1ccc(O)c(-c2ccn(C)n2)c1. The summed E-state index contributed by atoms with van der Waals surface area (Å²) < 4.78 is 1.65. The molecule has 17 heavy (non-hydrogen) atoms. The third-order valence-corrected chi connectivity index (χ3v) is 2.31. The summed E-state index contributed by atoms with van der Waals surface area (Å²) >= 11 is 0. The van der Waals surface area contributed by atoms with Crippen LogP contribution in [0.3, 0.4) is 0 Å². The largest absolute Gasteiger partial charge is 0.507 e. The Bertz CT molecular complexity index is 561. The van der Waals surface area contributed by atoms with Gasteiger partial charge in [0.05, 0.1) is 5.69 Å². The third kappa shape index (κ3) is 2.44. The number of carbonyl (C=O) groups excluding carboxylic acids is 1. The minimum Gasteiger partial charge on any atom is -0.507 e. The number of carbonyl (C=O) groups is 1. The fraction of sp³-hybridized carbons (Fsp3) is 0.167. The summed E-state index contributed by atoms with van der Waals surface area (Å²) in [7, 11) is 1.80. The molecule has 5 heteroatoms. The molecule has 2 rings (SSSR count). The number of nitrogens with one attached hydrogen (secondary N) is 1. The number of hydrogen-bond donors (Lipinski definition) is 2. The first kappa shape index (κ1) is 11.2. The van der Waals surface area contributed by atoms with Crippen molar-refractivity contribution in [2.24, 2.45) is 7.05 Å². The molecule has 5 nitrogen and oxygen atoms in total. The molecule has 0 fully saturated rings. The lowest BCUT2D eigenvalue weighted by Gasteiger charge is -2.06. The van der Waals surface area contributed by atoms with Crippen molar-refractivity contribution in [3.05, 3.63) is 30.5 Å². The fourth-order valence-corrected chi connectivity index (χ4v) is 1.58. The summed E-state index contributed by atoms with van der Waals surface area (Å²) in [6, 6.07) is 6.67. The van der Waals surface area contributed by atoms with Crippen molar-refractivity contribution in [3.8, 4) is 17.0 Å². The van der Waals surface area contributed by atoms with Crippen LogP contribution in [0.1, 0.15) is 6.92 Å². The molecule has 88 valence electrons. The monoisotopic (exact) mass is 231 g/mol. The first-order valence-corrected chi connectivity index (χ1v) is 5.17. The van der Waals surface area contributed by atoms with E-state index in [1.54, 1.807) is 36.1 Å². The van der Waals surface area contributed by atoms with Crippen LogP contribution in [0.15, 0.2) is 30.5 Å². The zero-order chi connectivity index (χ0) is 12.4. The van der Waals surface area contributed by atoms with Gasteiger partial charge < -0.3 is 10.4 Å². The van der Waals surface area contributed by atoms with Gasteiger partial charge in [-0.1, -0.05) is 0 Å². The Kier molecular flexibility index (Phi) is 2.82. The highest BCUT2D eigenvalue weighted by Gasteiger charge is 2.08. The van der Waals surface area contributed by atoms with E-state index in [1.165, 1.54) is 13.0 Å². The van der Waals surface area contributed by atoms with E-state index in [1.807, 2.05) is 0 Å². The summed E-state index contributed by atoms with van der Waals surface area (Å²) in [5, 5.41) is 16.6.